The van der Waals surface area contributed by atoms with Crippen molar-refractivity contribution in [1.82, 2.24) is 5.32 Å². The fourth-order valence-electron chi connectivity index (χ4n) is 1.68. The molecule has 1 amide bonds. The number of aryl methyl sites for hydroxylation is 1. The van der Waals surface area contributed by atoms with Crippen LogP contribution in [0.1, 0.15) is 23.1 Å². The summed E-state index contributed by atoms with van der Waals surface area (Å²) in [4.78, 5) is 25.1. The molecule has 0 saturated carbocycles. The summed E-state index contributed by atoms with van der Waals surface area (Å²) < 4.78 is 4.95. The first-order chi connectivity index (χ1) is 8.11. The van der Waals surface area contributed by atoms with E-state index in [9.17, 15) is 9.59 Å². The van der Waals surface area contributed by atoms with Crippen LogP contribution >= 0.6 is 11.3 Å². The zero-order chi connectivity index (χ0) is 12.4. The molecule has 0 spiro atoms. The molecule has 1 aromatic rings. The highest BCUT2D eigenvalue weighted by molar-refractivity contribution is 7.13. The van der Waals surface area contributed by atoms with Crippen LogP contribution in [0.15, 0.2) is 17.7 Å². The molecule has 1 aliphatic rings. The Morgan fingerprint density at radius 2 is 2.29 bits per heavy atom. The molecule has 2 heterocycles. The van der Waals surface area contributed by atoms with Gasteiger partial charge in [-0.2, -0.15) is 0 Å². The lowest BCUT2D eigenvalue weighted by Gasteiger charge is -2.04. The van der Waals surface area contributed by atoms with Crippen LogP contribution in [0.25, 0.3) is 5.70 Å². The first kappa shape index (κ1) is 11.9. The third-order valence-electron chi connectivity index (χ3n) is 2.41. The van der Waals surface area contributed by atoms with Gasteiger partial charge in [-0.3, -0.25) is 4.79 Å². The van der Waals surface area contributed by atoms with Gasteiger partial charge in [-0.1, -0.05) is 0 Å². The SMILES string of the molecule is CCOC(=O)C1=C(c2ccc(C)s2)NC(=O)C1. The quantitative estimate of drug-likeness (QED) is 0.834. The first-order valence-corrected chi connectivity index (χ1v) is 6.20. The van der Waals surface area contributed by atoms with E-state index in [0.29, 0.717) is 17.9 Å². The number of ether oxygens (including phenoxy) is 1. The minimum Gasteiger partial charge on any atom is -0.463 e. The smallest absolute Gasteiger partial charge is 0.336 e. The van der Waals surface area contributed by atoms with Gasteiger partial charge in [0.25, 0.3) is 0 Å². The largest absolute Gasteiger partial charge is 0.463 e. The summed E-state index contributed by atoms with van der Waals surface area (Å²) in [7, 11) is 0. The van der Waals surface area contributed by atoms with Crippen LogP contribution in [0.4, 0.5) is 0 Å². The fourth-order valence-corrected chi connectivity index (χ4v) is 2.57. The number of hydrogen-bond donors (Lipinski definition) is 1. The number of hydrogen-bond acceptors (Lipinski definition) is 4. The lowest BCUT2D eigenvalue weighted by Crippen LogP contribution is -2.13. The average Bonchev–Trinajstić information content (AvgIpc) is 2.84. The maximum absolute atomic E-state index is 11.7. The van der Waals surface area contributed by atoms with Crippen molar-refractivity contribution in [2.45, 2.75) is 20.3 Å². The van der Waals surface area contributed by atoms with E-state index in [1.165, 1.54) is 0 Å². The molecule has 90 valence electrons. The van der Waals surface area contributed by atoms with E-state index in [2.05, 4.69) is 5.32 Å². The maximum Gasteiger partial charge on any atom is 0.336 e. The molecule has 0 saturated heterocycles. The molecule has 1 aromatic heterocycles. The van der Waals surface area contributed by atoms with Crippen LogP contribution in [-0.2, 0) is 14.3 Å². The van der Waals surface area contributed by atoms with Crippen molar-refractivity contribution in [3.05, 3.63) is 27.5 Å². The first-order valence-electron chi connectivity index (χ1n) is 5.38. The van der Waals surface area contributed by atoms with Crippen LogP contribution in [0.2, 0.25) is 0 Å². The summed E-state index contributed by atoms with van der Waals surface area (Å²) in [5.74, 6) is -0.569. The number of carbonyl (C=O) groups excluding carboxylic acids is 2. The highest BCUT2D eigenvalue weighted by Gasteiger charge is 2.28. The van der Waals surface area contributed by atoms with E-state index in [4.69, 9.17) is 4.74 Å². The molecule has 2 rings (SSSR count). The molecule has 5 heteroatoms. The molecule has 0 aliphatic carbocycles. The molecule has 0 unspecified atom stereocenters. The zero-order valence-electron chi connectivity index (χ0n) is 9.70. The Morgan fingerprint density at radius 3 is 2.88 bits per heavy atom. The Bertz CT molecular complexity index is 502. The Morgan fingerprint density at radius 1 is 1.53 bits per heavy atom. The summed E-state index contributed by atoms with van der Waals surface area (Å²) in [6.07, 6.45) is 0.102. The second-order valence-corrected chi connectivity index (χ2v) is 5.00. The van der Waals surface area contributed by atoms with Gasteiger partial charge in [-0.05, 0) is 26.0 Å². The third kappa shape index (κ3) is 2.39. The molecule has 0 radical (unpaired) electrons. The highest BCUT2D eigenvalue weighted by atomic mass is 32.1. The lowest BCUT2D eigenvalue weighted by molar-refractivity contribution is -0.139. The topological polar surface area (TPSA) is 55.4 Å². The molecule has 1 N–H and O–H groups in total. The number of rotatable bonds is 3. The number of esters is 1. The minimum absolute atomic E-state index is 0.102. The summed E-state index contributed by atoms with van der Waals surface area (Å²) in [5.41, 5.74) is 1.03. The van der Waals surface area contributed by atoms with Gasteiger partial charge >= 0.3 is 5.97 Å². The van der Waals surface area contributed by atoms with Crippen molar-refractivity contribution in [3.8, 4) is 0 Å². The van der Waals surface area contributed by atoms with Gasteiger partial charge in [0.15, 0.2) is 0 Å². The van der Waals surface area contributed by atoms with Gasteiger partial charge in [-0.25, -0.2) is 4.79 Å². The Kier molecular flexibility index (Phi) is 3.28. The molecule has 1 aliphatic heterocycles. The van der Waals surface area contributed by atoms with Crippen LogP contribution in [0.3, 0.4) is 0 Å². The van der Waals surface area contributed by atoms with E-state index in [1.807, 2.05) is 19.1 Å². The second-order valence-electron chi connectivity index (χ2n) is 3.71. The molecule has 4 nitrogen and oxygen atoms in total. The monoisotopic (exact) mass is 251 g/mol. The molecular weight excluding hydrogens is 238 g/mol. The maximum atomic E-state index is 11.7. The lowest BCUT2D eigenvalue weighted by atomic mass is 10.1. The summed E-state index contributed by atoms with van der Waals surface area (Å²) in [5, 5.41) is 2.72. The number of nitrogens with one attached hydrogen (secondary N) is 1. The van der Waals surface area contributed by atoms with Gasteiger partial charge in [0.1, 0.15) is 0 Å². The van der Waals surface area contributed by atoms with Crippen molar-refractivity contribution in [3.63, 3.8) is 0 Å². The van der Waals surface area contributed by atoms with E-state index in [-0.39, 0.29) is 12.3 Å². The van der Waals surface area contributed by atoms with Crippen LogP contribution in [-0.4, -0.2) is 18.5 Å². The Hall–Kier alpha value is -1.62. The van der Waals surface area contributed by atoms with Crippen LogP contribution in [0, 0.1) is 6.92 Å². The summed E-state index contributed by atoms with van der Waals surface area (Å²) >= 11 is 1.55. The normalized spacial score (nSPS) is 15.1. The van der Waals surface area contributed by atoms with Gasteiger partial charge < -0.3 is 10.1 Å². The molecule has 0 fully saturated rings. The van der Waals surface area contributed by atoms with Gasteiger partial charge in [0.2, 0.25) is 5.91 Å². The predicted molar refractivity (Wildman–Crippen MR) is 65.4 cm³/mol. The van der Waals surface area contributed by atoms with E-state index in [1.54, 1.807) is 18.3 Å². The summed E-state index contributed by atoms with van der Waals surface area (Å²) in [6.45, 7) is 4.04. The van der Waals surface area contributed by atoms with Crippen molar-refractivity contribution in [2.75, 3.05) is 6.61 Å². The van der Waals surface area contributed by atoms with E-state index in [0.717, 1.165) is 9.75 Å². The second kappa shape index (κ2) is 4.71. The Balaban J connectivity index is 2.36. The van der Waals surface area contributed by atoms with Gasteiger partial charge in [0, 0.05) is 4.88 Å². The van der Waals surface area contributed by atoms with E-state index < -0.39 is 5.97 Å². The van der Waals surface area contributed by atoms with Crippen molar-refractivity contribution >= 4 is 28.9 Å². The standard InChI is InChI=1S/C12H13NO3S/c1-3-16-12(15)8-6-10(14)13-11(8)9-5-4-7(2)17-9/h4-5H,3,6H2,1-2H3,(H,13,14). The fraction of sp³-hybridized carbons (Fsp3) is 0.333. The molecule has 0 atom stereocenters. The molecule has 0 bridgehead atoms. The van der Waals surface area contributed by atoms with Crippen molar-refractivity contribution in [2.24, 2.45) is 0 Å². The van der Waals surface area contributed by atoms with Crippen molar-refractivity contribution in [1.29, 1.82) is 0 Å². The molecule has 0 aromatic carbocycles. The average molecular weight is 251 g/mol. The minimum atomic E-state index is -0.410. The molecule has 17 heavy (non-hydrogen) atoms. The van der Waals surface area contributed by atoms with Crippen LogP contribution in [0.5, 0.6) is 0 Å². The summed E-state index contributed by atoms with van der Waals surface area (Å²) in [6, 6.07) is 3.86. The predicted octanol–water partition coefficient (Wildman–Crippen LogP) is 1.85. The number of thiophene rings is 1. The highest BCUT2D eigenvalue weighted by Crippen LogP contribution is 2.29. The van der Waals surface area contributed by atoms with Crippen LogP contribution < -0.4 is 5.32 Å². The third-order valence-corrected chi connectivity index (χ3v) is 3.43. The van der Waals surface area contributed by atoms with Gasteiger partial charge in [0.05, 0.1) is 29.2 Å². The zero-order valence-corrected chi connectivity index (χ0v) is 10.5. The number of amides is 1. The Labute approximate surface area is 103 Å². The van der Waals surface area contributed by atoms with E-state index >= 15 is 0 Å². The van der Waals surface area contributed by atoms with Crippen molar-refractivity contribution < 1.29 is 14.3 Å². The molecular formula is C12H13NO3S. The number of carbonyl (C=O) groups is 2. The van der Waals surface area contributed by atoms with Gasteiger partial charge in [-0.15, -0.1) is 11.3 Å².